The summed E-state index contributed by atoms with van der Waals surface area (Å²) in [6.07, 6.45) is -56.4. The summed E-state index contributed by atoms with van der Waals surface area (Å²) in [6, 6.07) is 13.1. The Morgan fingerprint density at radius 3 is 0.615 bits per heavy atom. The van der Waals surface area contributed by atoms with Gasteiger partial charge in [-0.25, -0.2) is 0 Å². The number of benzene rings is 10. The predicted molar refractivity (Wildman–Crippen MR) is 317 cm³/mol. The molecule has 0 amide bonds. The number of hydrogen-bond acceptors (Lipinski definition) is 1. The molecule has 0 saturated heterocycles. The second-order valence-electron chi connectivity index (χ2n) is 23.5. The van der Waals surface area contributed by atoms with Crippen LogP contribution in [-0.2, 0) is 61.8 Å². The van der Waals surface area contributed by atoms with Crippen LogP contribution in [0.25, 0.3) is 111 Å². The highest BCUT2D eigenvalue weighted by molar-refractivity contribution is 6.13. The highest BCUT2D eigenvalue weighted by Crippen LogP contribution is 2.52. The fourth-order valence-electron chi connectivity index (χ4n) is 12.3. The molecule has 104 heavy (non-hydrogen) atoms. The molecular formula is C71H29F30N3. The third-order valence-electron chi connectivity index (χ3n) is 16.9. The molecule has 0 bridgehead atoms. The second kappa shape index (κ2) is 24.1. The number of nitriles is 1. The molecule has 12 rings (SSSR count). The van der Waals surface area contributed by atoms with Gasteiger partial charge in [-0.3, -0.25) is 0 Å². The first kappa shape index (κ1) is 73.0. The van der Waals surface area contributed by atoms with E-state index in [-0.39, 0.29) is 113 Å². The van der Waals surface area contributed by atoms with Crippen molar-refractivity contribution in [2.45, 2.75) is 61.8 Å². The van der Waals surface area contributed by atoms with Gasteiger partial charge in [0.2, 0.25) is 0 Å². The van der Waals surface area contributed by atoms with Gasteiger partial charge >= 0.3 is 61.8 Å². The number of alkyl halides is 30. The number of hydrogen-bond donors (Lipinski definition) is 0. The molecule has 0 aliphatic heterocycles. The van der Waals surface area contributed by atoms with Gasteiger partial charge in [-0.15, -0.1) is 0 Å². The lowest BCUT2D eigenvalue weighted by Crippen LogP contribution is -2.15. The van der Waals surface area contributed by atoms with E-state index < -0.39 is 212 Å². The fraction of sp³-hybridized carbons (Fsp3) is 0.141. The van der Waals surface area contributed by atoms with Gasteiger partial charge in [0.1, 0.15) is 11.6 Å². The monoisotopic (exact) mass is 1490 g/mol. The third-order valence-corrected chi connectivity index (χ3v) is 16.9. The summed E-state index contributed by atoms with van der Waals surface area (Å²) >= 11 is 0. The molecule has 12 aromatic rings. The van der Waals surface area contributed by atoms with Crippen LogP contribution in [0.2, 0.25) is 0 Å². The van der Waals surface area contributed by atoms with Crippen molar-refractivity contribution in [3.8, 4) is 73.1 Å². The van der Waals surface area contributed by atoms with Crippen LogP contribution in [0.3, 0.4) is 0 Å². The Kier molecular flexibility index (Phi) is 16.9. The van der Waals surface area contributed by atoms with E-state index in [1.807, 2.05) is 0 Å². The van der Waals surface area contributed by atoms with Crippen molar-refractivity contribution in [2.75, 3.05) is 0 Å². The predicted octanol–water partition coefficient (Wildman–Crippen LogP) is 26.3. The first-order valence-electron chi connectivity index (χ1n) is 29.0. The molecule has 0 radical (unpaired) electrons. The zero-order chi connectivity index (χ0) is 76.3. The van der Waals surface area contributed by atoms with Crippen molar-refractivity contribution >= 4 is 43.6 Å². The topological polar surface area (TPSA) is 33.6 Å². The van der Waals surface area contributed by atoms with E-state index in [4.69, 9.17) is 0 Å². The lowest BCUT2D eigenvalue weighted by atomic mass is 9.91. The summed E-state index contributed by atoms with van der Waals surface area (Å²) in [6.45, 7) is 0. The van der Waals surface area contributed by atoms with Gasteiger partial charge in [-0.1, -0.05) is 54.6 Å². The first-order valence-corrected chi connectivity index (χ1v) is 29.0. The van der Waals surface area contributed by atoms with Gasteiger partial charge in [-0.2, -0.15) is 137 Å². The van der Waals surface area contributed by atoms with Gasteiger partial charge in [0, 0.05) is 27.1 Å². The molecule has 0 N–H and O–H groups in total. The van der Waals surface area contributed by atoms with E-state index in [9.17, 15) is 111 Å². The molecular weight excluding hydrogens is 1460 g/mol. The van der Waals surface area contributed by atoms with Crippen LogP contribution >= 0.6 is 0 Å². The molecule has 0 atom stereocenters. The Hall–Kier alpha value is -10.8. The standard InChI is InChI=1S/C71H29F30N3/c72-62(73,74)40-12-35(13-41(26-40)63(75,76)77)31-4-8-48-49-9-5-32(36-14-42(64(78,79)80)27-43(15-36)65(81,82)83)21-56(49)103(55(48)20-31)59-24-39(61-53(70(96,97)98)2-1-3-54(61)71(99,100)101)25-60(52(59)30-102)104-57-22-33(37-16-44(66(84,85)86)28-45(17-37)67(87,88)89)6-10-50(57)51-11-7-34(23-58(51)104)38-18-46(68(90,91)92)29-47(19-38)69(93,94)95/h1-29H. The Morgan fingerprint density at radius 2 is 0.433 bits per heavy atom. The number of halogens is 30. The molecule has 538 valence electrons. The van der Waals surface area contributed by atoms with Crippen LogP contribution in [0.4, 0.5) is 132 Å². The molecule has 3 nitrogen and oxygen atoms in total. The minimum absolute atomic E-state index is 0.0865. The molecule has 0 aliphatic rings. The minimum Gasteiger partial charge on any atom is -0.308 e. The maximum atomic E-state index is 15.7. The molecule has 0 spiro atoms. The Labute approximate surface area is 560 Å². The first-order chi connectivity index (χ1) is 47.8. The summed E-state index contributed by atoms with van der Waals surface area (Å²) in [5, 5.41) is 10.4. The molecule has 33 heteroatoms. The Balaban J connectivity index is 1.32. The van der Waals surface area contributed by atoms with Crippen LogP contribution in [0, 0.1) is 11.3 Å². The lowest BCUT2D eigenvalue weighted by molar-refractivity contribution is -0.144. The van der Waals surface area contributed by atoms with Gasteiger partial charge in [0.05, 0.1) is 89.1 Å². The Morgan fingerprint density at radius 1 is 0.221 bits per heavy atom. The van der Waals surface area contributed by atoms with E-state index in [1.165, 1.54) is 0 Å². The second-order valence-corrected chi connectivity index (χ2v) is 23.5. The zero-order valence-corrected chi connectivity index (χ0v) is 50.4. The molecule has 10 aromatic carbocycles. The largest absolute Gasteiger partial charge is 0.417 e. The van der Waals surface area contributed by atoms with Crippen LogP contribution in [0.15, 0.2) is 176 Å². The number of rotatable bonds is 7. The normalized spacial score (nSPS) is 13.5. The number of fused-ring (bicyclic) bond motifs is 6. The fourth-order valence-corrected chi connectivity index (χ4v) is 12.3. The van der Waals surface area contributed by atoms with Crippen molar-refractivity contribution in [1.82, 2.24) is 9.13 Å². The van der Waals surface area contributed by atoms with E-state index in [2.05, 4.69) is 0 Å². The number of nitrogens with zero attached hydrogens (tertiary/aromatic N) is 3. The average molecular weight is 1490 g/mol. The van der Waals surface area contributed by atoms with Gasteiger partial charge in [0.25, 0.3) is 0 Å². The highest BCUT2D eigenvalue weighted by atomic mass is 19.4. The van der Waals surface area contributed by atoms with Crippen LogP contribution in [-0.4, -0.2) is 9.13 Å². The van der Waals surface area contributed by atoms with Crippen LogP contribution < -0.4 is 0 Å². The van der Waals surface area contributed by atoms with Crippen molar-refractivity contribution < 1.29 is 132 Å². The van der Waals surface area contributed by atoms with Crippen molar-refractivity contribution in [3.63, 3.8) is 0 Å². The zero-order valence-electron chi connectivity index (χ0n) is 50.4. The van der Waals surface area contributed by atoms with Crippen LogP contribution in [0.1, 0.15) is 61.2 Å². The molecule has 0 aliphatic carbocycles. The molecule has 0 fully saturated rings. The maximum absolute atomic E-state index is 15.7. The third kappa shape index (κ3) is 13.6. The smallest absolute Gasteiger partial charge is 0.308 e. The molecule has 0 unspecified atom stereocenters. The van der Waals surface area contributed by atoms with Crippen molar-refractivity contribution in [2.24, 2.45) is 0 Å². The quantitative estimate of drug-likeness (QED) is 0.146. The minimum atomic E-state index is -5.90. The summed E-state index contributed by atoms with van der Waals surface area (Å²) in [5.41, 5.74) is -36.2. The van der Waals surface area contributed by atoms with E-state index >= 15 is 26.3 Å². The SMILES string of the molecule is N#Cc1c(-n2c3cc(-c4cc(C(F)(F)F)cc(C(F)(F)F)c4)ccc3c3ccc(-c4cc(C(F)(F)F)cc(C(F)(F)F)c4)cc32)cc(-c2c(C(F)(F)F)cccc2C(F)(F)F)cc1-n1c2cc(-c3cc(C(F)(F)F)cc(C(F)(F)F)c3)ccc2c2ccc(-c3cc(C(F)(F)F)cc(C(F)(F)F)c3)cc21. The lowest BCUT2D eigenvalue weighted by Gasteiger charge is -2.23. The Bertz CT molecular complexity index is 4810. The van der Waals surface area contributed by atoms with Crippen molar-refractivity contribution in [3.05, 3.63) is 237 Å². The molecule has 0 saturated carbocycles. The van der Waals surface area contributed by atoms with E-state index in [0.717, 1.165) is 72.8 Å². The van der Waals surface area contributed by atoms with Gasteiger partial charge < -0.3 is 9.13 Å². The highest BCUT2D eigenvalue weighted by Gasteiger charge is 2.45. The summed E-state index contributed by atoms with van der Waals surface area (Å²) < 4.78 is 444. The summed E-state index contributed by atoms with van der Waals surface area (Å²) in [7, 11) is 0. The van der Waals surface area contributed by atoms with Gasteiger partial charge in [0.15, 0.2) is 0 Å². The van der Waals surface area contributed by atoms with Crippen LogP contribution in [0.5, 0.6) is 0 Å². The molecule has 2 aromatic heterocycles. The van der Waals surface area contributed by atoms with Crippen molar-refractivity contribution in [1.29, 1.82) is 5.26 Å². The summed E-state index contributed by atoms with van der Waals surface area (Å²) in [5.74, 6) is 0. The average Bonchev–Trinajstić information content (AvgIpc) is 1.54. The van der Waals surface area contributed by atoms with E-state index in [0.29, 0.717) is 21.3 Å². The molecule has 2 heterocycles. The summed E-state index contributed by atoms with van der Waals surface area (Å²) in [4.78, 5) is 0. The van der Waals surface area contributed by atoms with Gasteiger partial charge in [-0.05, 0) is 171 Å². The van der Waals surface area contributed by atoms with E-state index in [1.54, 1.807) is 6.07 Å². The number of aromatic nitrogens is 2. The maximum Gasteiger partial charge on any atom is 0.417 e.